The van der Waals surface area contributed by atoms with E-state index < -0.39 is 0 Å². The molecule has 0 saturated heterocycles. The number of aromatic nitrogens is 1. The van der Waals surface area contributed by atoms with E-state index in [4.69, 9.17) is 9.47 Å². The number of nitrogens with zero attached hydrogens (tertiary/aromatic N) is 3. The zero-order valence-corrected chi connectivity index (χ0v) is 23.2. The molecular formula is C30H42N4O4. The molecule has 1 aromatic carbocycles. The van der Waals surface area contributed by atoms with Crippen molar-refractivity contribution in [1.82, 2.24) is 14.8 Å². The summed E-state index contributed by atoms with van der Waals surface area (Å²) in [5, 5.41) is 3.05. The normalized spacial score (nSPS) is 24.1. The van der Waals surface area contributed by atoms with Crippen LogP contribution >= 0.6 is 0 Å². The number of anilines is 1. The van der Waals surface area contributed by atoms with E-state index in [1.807, 2.05) is 18.3 Å². The number of nitrogens with one attached hydrogen (secondary N) is 1. The maximum Gasteiger partial charge on any atom is 0.257 e. The first-order valence-corrected chi connectivity index (χ1v) is 13.8. The largest absolute Gasteiger partial charge is 0.491 e. The van der Waals surface area contributed by atoms with Gasteiger partial charge in [0.15, 0.2) is 0 Å². The second-order valence-corrected chi connectivity index (χ2v) is 10.9. The number of hydrogen-bond acceptors (Lipinski definition) is 6. The molecule has 2 amide bonds. The Balaban J connectivity index is 1.59. The van der Waals surface area contributed by atoms with Crippen molar-refractivity contribution in [1.29, 1.82) is 0 Å². The van der Waals surface area contributed by atoms with E-state index in [2.05, 4.69) is 35.1 Å². The summed E-state index contributed by atoms with van der Waals surface area (Å²) in [4.78, 5) is 34.8. The van der Waals surface area contributed by atoms with Gasteiger partial charge in [-0.25, -0.2) is 0 Å². The Hall–Kier alpha value is -2.97. The number of likely N-dealkylation sites (N-methyl/N-ethyl adjacent to an activating group) is 1. The first kappa shape index (κ1) is 28.0. The van der Waals surface area contributed by atoms with Gasteiger partial charge in [0.1, 0.15) is 12.4 Å². The van der Waals surface area contributed by atoms with E-state index in [0.29, 0.717) is 30.2 Å². The Morgan fingerprint density at radius 3 is 2.66 bits per heavy atom. The Morgan fingerprint density at radius 1 is 1.16 bits per heavy atom. The monoisotopic (exact) mass is 522 g/mol. The zero-order chi connectivity index (χ0) is 27.1. The lowest BCUT2D eigenvalue weighted by Gasteiger charge is -2.36. The Kier molecular flexibility index (Phi) is 9.74. The van der Waals surface area contributed by atoms with Gasteiger partial charge in [0.05, 0.1) is 11.7 Å². The van der Waals surface area contributed by atoms with Crippen LogP contribution in [0.15, 0.2) is 42.7 Å². The van der Waals surface area contributed by atoms with Gasteiger partial charge in [0, 0.05) is 63.8 Å². The van der Waals surface area contributed by atoms with Gasteiger partial charge in [0.2, 0.25) is 5.91 Å². The minimum atomic E-state index is -0.150. The van der Waals surface area contributed by atoms with Gasteiger partial charge in [0.25, 0.3) is 5.91 Å². The summed E-state index contributed by atoms with van der Waals surface area (Å²) in [5.41, 5.74) is 2.21. The fourth-order valence-corrected chi connectivity index (χ4v) is 5.48. The van der Waals surface area contributed by atoms with Gasteiger partial charge >= 0.3 is 0 Å². The molecule has 2 heterocycles. The van der Waals surface area contributed by atoms with Crippen LogP contribution in [-0.2, 0) is 16.1 Å². The molecule has 1 aliphatic heterocycles. The third kappa shape index (κ3) is 7.11. The lowest BCUT2D eigenvalue weighted by molar-refractivity contribution is -0.120. The third-order valence-corrected chi connectivity index (χ3v) is 7.93. The molecular weight excluding hydrogens is 480 g/mol. The highest BCUT2D eigenvalue weighted by atomic mass is 16.5. The summed E-state index contributed by atoms with van der Waals surface area (Å²) in [6.45, 7) is 6.70. The molecule has 2 aromatic rings. The number of benzene rings is 1. The van der Waals surface area contributed by atoms with Crippen molar-refractivity contribution >= 4 is 17.5 Å². The average Bonchev–Trinajstić information content (AvgIpc) is 2.94. The number of methoxy groups -OCH3 is 1. The molecule has 0 spiro atoms. The van der Waals surface area contributed by atoms with E-state index in [1.54, 1.807) is 37.4 Å². The van der Waals surface area contributed by atoms with Crippen molar-refractivity contribution in [3.8, 4) is 5.75 Å². The van der Waals surface area contributed by atoms with Crippen LogP contribution in [-0.4, -0.2) is 72.6 Å². The number of amides is 2. The zero-order valence-electron chi connectivity index (χ0n) is 23.2. The van der Waals surface area contributed by atoms with E-state index >= 15 is 0 Å². The number of pyridine rings is 1. The first-order valence-electron chi connectivity index (χ1n) is 13.8. The summed E-state index contributed by atoms with van der Waals surface area (Å²) in [6.07, 6.45) is 8.77. The Labute approximate surface area is 226 Å². The SMILES string of the molecule is CO[C@H]1CN(C)C(=O)c2cc(NC(=O)C3CCCCC3)ccc2OC[C@@H](C)N(Cc2cccnc2)C[C@@H]1C. The maximum atomic E-state index is 13.6. The predicted octanol–water partition coefficient (Wildman–Crippen LogP) is 4.61. The van der Waals surface area contributed by atoms with Gasteiger partial charge in [-0.15, -0.1) is 0 Å². The van der Waals surface area contributed by atoms with Gasteiger partial charge in [-0.1, -0.05) is 32.3 Å². The number of carbonyl (C=O) groups is 2. The van der Waals surface area contributed by atoms with Crippen molar-refractivity contribution in [3.05, 3.63) is 53.9 Å². The van der Waals surface area contributed by atoms with Crippen LogP contribution < -0.4 is 10.1 Å². The Bertz CT molecular complexity index is 1070. The van der Waals surface area contributed by atoms with E-state index in [0.717, 1.165) is 44.3 Å². The molecule has 1 saturated carbocycles. The fraction of sp³-hybridized carbons (Fsp3) is 0.567. The second-order valence-electron chi connectivity index (χ2n) is 10.9. The highest BCUT2D eigenvalue weighted by molar-refractivity contribution is 5.99. The molecule has 38 heavy (non-hydrogen) atoms. The van der Waals surface area contributed by atoms with Crippen molar-refractivity contribution in [3.63, 3.8) is 0 Å². The van der Waals surface area contributed by atoms with Gasteiger partial charge < -0.3 is 19.7 Å². The highest BCUT2D eigenvalue weighted by Crippen LogP contribution is 2.29. The molecule has 1 fully saturated rings. The van der Waals surface area contributed by atoms with Gasteiger partial charge in [-0.05, 0) is 55.5 Å². The fourth-order valence-electron chi connectivity index (χ4n) is 5.48. The average molecular weight is 523 g/mol. The number of carbonyl (C=O) groups excluding carboxylic acids is 2. The number of ether oxygens (including phenoxy) is 2. The molecule has 1 aromatic heterocycles. The van der Waals surface area contributed by atoms with Crippen LogP contribution in [0.25, 0.3) is 0 Å². The number of fused-ring (bicyclic) bond motifs is 1. The van der Waals surface area contributed by atoms with Crippen LogP contribution in [0.2, 0.25) is 0 Å². The minimum absolute atomic E-state index is 0.0347. The molecule has 0 radical (unpaired) electrons. The van der Waals surface area contributed by atoms with E-state index in [-0.39, 0.29) is 35.8 Å². The molecule has 4 rings (SSSR count). The maximum absolute atomic E-state index is 13.6. The van der Waals surface area contributed by atoms with Gasteiger partial charge in [-0.2, -0.15) is 0 Å². The highest BCUT2D eigenvalue weighted by Gasteiger charge is 2.29. The molecule has 2 aliphatic rings. The smallest absolute Gasteiger partial charge is 0.257 e. The summed E-state index contributed by atoms with van der Waals surface area (Å²) in [7, 11) is 3.50. The molecule has 3 atom stereocenters. The predicted molar refractivity (Wildman–Crippen MR) is 148 cm³/mol. The van der Waals surface area contributed by atoms with Crippen LogP contribution in [0.5, 0.6) is 5.75 Å². The first-order chi connectivity index (χ1) is 18.4. The van der Waals surface area contributed by atoms with E-state index in [9.17, 15) is 9.59 Å². The van der Waals surface area contributed by atoms with Crippen molar-refractivity contribution in [2.45, 2.75) is 64.6 Å². The number of hydrogen-bond donors (Lipinski definition) is 1. The Morgan fingerprint density at radius 2 is 1.95 bits per heavy atom. The molecule has 8 nitrogen and oxygen atoms in total. The third-order valence-electron chi connectivity index (χ3n) is 7.93. The molecule has 8 heteroatoms. The number of rotatable bonds is 5. The second kappa shape index (κ2) is 13.2. The molecule has 0 bridgehead atoms. The van der Waals surface area contributed by atoms with Crippen molar-refractivity contribution < 1.29 is 19.1 Å². The summed E-state index contributed by atoms with van der Waals surface area (Å²) < 4.78 is 12.1. The summed E-state index contributed by atoms with van der Waals surface area (Å²) in [6, 6.07) is 9.51. The molecule has 0 unspecified atom stereocenters. The summed E-state index contributed by atoms with van der Waals surface area (Å²) in [5.74, 6) is 0.619. The molecule has 1 N–H and O–H groups in total. The van der Waals surface area contributed by atoms with Crippen LogP contribution in [0.4, 0.5) is 5.69 Å². The topological polar surface area (TPSA) is 84.0 Å². The lowest BCUT2D eigenvalue weighted by atomic mass is 9.88. The standard InChI is InChI=1S/C30H42N4O4/c1-21-17-34(18-23-9-8-14-31-16-23)22(2)20-38-27-13-12-25(32-29(35)24-10-6-5-7-11-24)15-26(27)30(36)33(3)19-28(21)37-4/h8-9,12-16,21-22,24,28H,5-7,10-11,17-20H2,1-4H3,(H,32,35)/t21-,22+,28-/m0/s1. The minimum Gasteiger partial charge on any atom is -0.491 e. The van der Waals surface area contributed by atoms with Crippen LogP contribution in [0.3, 0.4) is 0 Å². The lowest BCUT2D eigenvalue weighted by Crippen LogP contribution is -2.46. The van der Waals surface area contributed by atoms with E-state index in [1.165, 1.54) is 6.42 Å². The summed E-state index contributed by atoms with van der Waals surface area (Å²) >= 11 is 0. The molecule has 206 valence electrons. The van der Waals surface area contributed by atoms with Gasteiger partial charge in [-0.3, -0.25) is 19.5 Å². The van der Waals surface area contributed by atoms with Crippen molar-refractivity contribution in [2.24, 2.45) is 11.8 Å². The van der Waals surface area contributed by atoms with Crippen molar-refractivity contribution in [2.75, 3.05) is 39.2 Å². The van der Waals surface area contributed by atoms with Crippen LogP contribution in [0.1, 0.15) is 61.9 Å². The van der Waals surface area contributed by atoms with Crippen LogP contribution in [0, 0.1) is 11.8 Å². The quantitative estimate of drug-likeness (QED) is 0.618. The molecule has 1 aliphatic carbocycles.